The molecule has 2 aromatic carbocycles. The Bertz CT molecular complexity index is 1710. The number of anilines is 1. The number of likely N-dealkylation sites (tertiary alicyclic amines) is 1. The molecular weight excluding hydrogens is 657 g/mol. The van der Waals surface area contributed by atoms with Gasteiger partial charge in [0.15, 0.2) is 22.3 Å². The topological polar surface area (TPSA) is 92.3 Å². The van der Waals surface area contributed by atoms with Crippen molar-refractivity contribution in [2.24, 2.45) is 0 Å². The molecule has 0 spiro atoms. The number of aromatic nitrogens is 1. The molecular formula is C35H47F2N5O4S2. The summed E-state index contributed by atoms with van der Waals surface area (Å²) in [5.74, 6) is -2.82. The van der Waals surface area contributed by atoms with Crippen molar-refractivity contribution in [2.45, 2.75) is 78.8 Å². The van der Waals surface area contributed by atoms with Crippen LogP contribution in [-0.4, -0.2) is 116 Å². The van der Waals surface area contributed by atoms with Gasteiger partial charge in [0.2, 0.25) is 9.84 Å². The summed E-state index contributed by atoms with van der Waals surface area (Å²) in [4.78, 5) is 14.0. The number of fused-ring (bicyclic) bond motifs is 1. The van der Waals surface area contributed by atoms with Crippen LogP contribution in [0.5, 0.6) is 5.75 Å². The maximum Gasteiger partial charge on any atom is 0.210 e. The van der Waals surface area contributed by atoms with Gasteiger partial charge >= 0.3 is 0 Å². The summed E-state index contributed by atoms with van der Waals surface area (Å²) in [5, 5.41) is 0.545. The highest BCUT2D eigenvalue weighted by molar-refractivity contribution is 7.91. The van der Waals surface area contributed by atoms with Crippen molar-refractivity contribution >= 4 is 37.6 Å². The van der Waals surface area contributed by atoms with E-state index in [9.17, 15) is 13.0 Å². The summed E-state index contributed by atoms with van der Waals surface area (Å²) >= 11 is -1.32. The minimum atomic E-state index is -4.44. The highest BCUT2D eigenvalue weighted by atomic mass is 32.2. The van der Waals surface area contributed by atoms with Crippen LogP contribution in [0.25, 0.3) is 10.9 Å². The normalized spacial score (nSPS) is 20.8. The van der Waals surface area contributed by atoms with Crippen LogP contribution in [-0.2, 0) is 21.0 Å². The number of piperazine rings is 1. The number of nitrogens with zero attached hydrogens (tertiary/aromatic N) is 5. The number of piperidine rings is 2. The fraction of sp³-hybridized carbons (Fsp3) is 0.571. The molecule has 3 aromatic rings. The summed E-state index contributed by atoms with van der Waals surface area (Å²) in [6, 6.07) is 7.82. The van der Waals surface area contributed by atoms with E-state index in [-0.39, 0.29) is 4.90 Å². The maximum absolute atomic E-state index is 15.2. The van der Waals surface area contributed by atoms with E-state index in [1.54, 1.807) is 45.2 Å². The fourth-order valence-corrected chi connectivity index (χ4v) is 9.32. The lowest BCUT2D eigenvalue weighted by molar-refractivity contribution is 0.0495. The molecule has 1 aromatic heterocycles. The second-order valence-corrected chi connectivity index (χ2v) is 17.7. The van der Waals surface area contributed by atoms with Gasteiger partial charge in [0.25, 0.3) is 0 Å². The van der Waals surface area contributed by atoms with E-state index in [2.05, 4.69) is 31.6 Å². The predicted octanol–water partition coefficient (Wildman–Crippen LogP) is 4.94. The Kier molecular flexibility index (Phi) is 10.3. The predicted molar refractivity (Wildman–Crippen MR) is 185 cm³/mol. The average Bonchev–Trinajstić information content (AvgIpc) is 3.05. The van der Waals surface area contributed by atoms with Crippen molar-refractivity contribution in [3.63, 3.8) is 0 Å². The highest BCUT2D eigenvalue weighted by Gasteiger charge is 2.35. The number of ether oxygens (including phenoxy) is 1. The number of hydrogen-bond donors (Lipinski definition) is 0. The van der Waals surface area contributed by atoms with Crippen LogP contribution in [0.1, 0.15) is 46.5 Å². The molecule has 13 heteroatoms. The van der Waals surface area contributed by atoms with E-state index in [0.717, 1.165) is 77.1 Å². The Labute approximate surface area is 286 Å². The van der Waals surface area contributed by atoms with Gasteiger partial charge in [0.05, 0.1) is 16.1 Å². The largest absolute Gasteiger partial charge is 0.612 e. The molecule has 0 bridgehead atoms. The lowest BCUT2D eigenvalue weighted by atomic mass is 9.96. The third-order valence-corrected chi connectivity index (χ3v) is 12.6. The van der Waals surface area contributed by atoms with Crippen molar-refractivity contribution in [3.05, 3.63) is 48.2 Å². The van der Waals surface area contributed by atoms with Crippen molar-refractivity contribution in [1.82, 2.24) is 19.7 Å². The number of pyridine rings is 1. The van der Waals surface area contributed by atoms with Gasteiger partial charge in [-0.25, -0.2) is 17.2 Å². The number of likely N-dealkylation sites (N-methyl/N-ethyl adjacent to an activating group) is 1. The average molecular weight is 704 g/mol. The van der Waals surface area contributed by atoms with Crippen LogP contribution in [0.2, 0.25) is 0 Å². The third-order valence-electron chi connectivity index (χ3n) is 9.94. The zero-order chi connectivity index (χ0) is 34.4. The van der Waals surface area contributed by atoms with Gasteiger partial charge in [-0.3, -0.25) is 9.88 Å². The van der Waals surface area contributed by atoms with Crippen molar-refractivity contribution in [2.75, 3.05) is 70.6 Å². The fourth-order valence-electron chi connectivity index (χ4n) is 7.32. The smallest absolute Gasteiger partial charge is 0.210 e. The molecule has 3 fully saturated rings. The van der Waals surface area contributed by atoms with Crippen LogP contribution < -0.4 is 9.64 Å². The Hall–Kier alpha value is -2.55. The van der Waals surface area contributed by atoms with Crippen LogP contribution in [0.4, 0.5) is 14.5 Å². The molecule has 0 N–H and O–H groups in total. The van der Waals surface area contributed by atoms with Gasteiger partial charge in [-0.15, -0.1) is 0 Å². The number of hydrogen-bond acceptors (Lipinski definition) is 9. The van der Waals surface area contributed by atoms with Gasteiger partial charge in [0, 0.05) is 69.0 Å². The minimum absolute atomic E-state index is 0.135. The second-order valence-electron chi connectivity index (χ2n) is 14.4. The lowest BCUT2D eigenvalue weighted by Crippen LogP contribution is -2.54. The van der Waals surface area contributed by atoms with E-state index in [4.69, 9.17) is 4.74 Å². The first kappa shape index (κ1) is 35.3. The lowest BCUT2D eigenvalue weighted by Gasteiger charge is -2.46. The molecule has 1 unspecified atom stereocenters. The maximum atomic E-state index is 15.2. The number of sulfone groups is 1. The number of benzene rings is 2. The summed E-state index contributed by atoms with van der Waals surface area (Å²) in [6.07, 6.45) is 6.87. The second kappa shape index (κ2) is 14.0. The minimum Gasteiger partial charge on any atom is -0.612 e. The van der Waals surface area contributed by atoms with E-state index in [1.807, 2.05) is 0 Å². The van der Waals surface area contributed by atoms with E-state index in [0.29, 0.717) is 46.7 Å². The summed E-state index contributed by atoms with van der Waals surface area (Å²) < 4.78 is 76.8. The van der Waals surface area contributed by atoms with Gasteiger partial charge in [-0.1, -0.05) is 0 Å². The molecule has 6 rings (SSSR count). The van der Waals surface area contributed by atoms with Gasteiger partial charge in [-0.2, -0.15) is 0 Å². The van der Waals surface area contributed by atoms with Crippen molar-refractivity contribution in [3.8, 4) is 5.75 Å². The zero-order valence-electron chi connectivity index (χ0n) is 28.5. The molecule has 262 valence electrons. The SMILES string of the molecule is CN1CCN(C2CCN(C3CCN(c4c(S(=O)(=O)c5cc(F)c(OC(C)(C)C)c(F)c5)cnc5ccc([S+](C)[O-])cc45)CC3)CC2)CC1. The van der Waals surface area contributed by atoms with Gasteiger partial charge in [-0.05, 0) is 102 Å². The molecule has 48 heavy (non-hydrogen) atoms. The molecule has 0 saturated carbocycles. The Morgan fingerprint density at radius 1 is 0.875 bits per heavy atom. The van der Waals surface area contributed by atoms with Crippen LogP contribution >= 0.6 is 0 Å². The van der Waals surface area contributed by atoms with Gasteiger partial charge in [0.1, 0.15) is 16.8 Å². The molecule has 9 nitrogen and oxygen atoms in total. The molecule has 0 radical (unpaired) electrons. The van der Waals surface area contributed by atoms with Crippen LogP contribution in [0.3, 0.4) is 0 Å². The van der Waals surface area contributed by atoms with Crippen LogP contribution in [0.15, 0.2) is 51.2 Å². The number of halogens is 2. The first-order valence-electron chi connectivity index (χ1n) is 16.8. The Morgan fingerprint density at radius 2 is 1.44 bits per heavy atom. The van der Waals surface area contributed by atoms with E-state index < -0.39 is 48.9 Å². The molecule has 0 aliphatic carbocycles. The Morgan fingerprint density at radius 3 is 2.00 bits per heavy atom. The van der Waals surface area contributed by atoms with E-state index >= 15 is 8.78 Å². The quantitative estimate of drug-likeness (QED) is 0.318. The molecule has 0 amide bonds. The third kappa shape index (κ3) is 7.46. The summed E-state index contributed by atoms with van der Waals surface area (Å²) in [5.41, 5.74) is 0.0918. The van der Waals surface area contributed by atoms with Crippen molar-refractivity contribution in [1.29, 1.82) is 0 Å². The number of rotatable bonds is 7. The summed E-state index contributed by atoms with van der Waals surface area (Å²) in [7, 11) is -2.25. The first-order chi connectivity index (χ1) is 22.7. The monoisotopic (exact) mass is 703 g/mol. The highest BCUT2D eigenvalue weighted by Crippen LogP contribution is 2.40. The van der Waals surface area contributed by atoms with E-state index in [1.165, 1.54) is 6.20 Å². The molecule has 3 aliphatic rings. The zero-order valence-corrected chi connectivity index (χ0v) is 30.2. The van der Waals surface area contributed by atoms with Crippen molar-refractivity contribution < 1.29 is 26.5 Å². The van der Waals surface area contributed by atoms with Gasteiger partial charge < -0.3 is 24.0 Å². The van der Waals surface area contributed by atoms with Crippen LogP contribution in [0, 0.1) is 11.6 Å². The standard InChI is InChI=1S/C35H47F2N5O4S2/c1-35(2,3)46-34-29(36)21-27(22-30(34)37)48(44,45)32-23-38-31-7-6-26(47(5)43)20-28(31)33(32)42-14-10-24(11-15-42)40-12-8-25(9-13-40)41-18-16-39(4)17-19-41/h6-7,20-25H,8-19H2,1-5H3. The Balaban J connectivity index is 1.27. The molecule has 3 aliphatic heterocycles. The summed E-state index contributed by atoms with van der Waals surface area (Å²) in [6.45, 7) is 12.8. The first-order valence-corrected chi connectivity index (χ1v) is 19.9. The molecule has 3 saturated heterocycles. The molecule has 4 heterocycles. The molecule has 1 atom stereocenters.